The zero-order chi connectivity index (χ0) is 25.2. The Bertz CT molecular complexity index is 1180. The Kier molecular flexibility index (Phi) is 7.38. The van der Waals surface area contributed by atoms with Gasteiger partial charge in [-0.05, 0) is 48.6 Å². The molecule has 0 atom stereocenters. The van der Waals surface area contributed by atoms with Gasteiger partial charge in [-0.25, -0.2) is 22.0 Å². The number of rotatable bonds is 7. The molecule has 3 rings (SSSR count). The van der Waals surface area contributed by atoms with Crippen LogP contribution in [-0.2, 0) is 24.4 Å². The molecular weight excluding hydrogens is 472 g/mol. The van der Waals surface area contributed by atoms with Crippen molar-refractivity contribution in [3.05, 3.63) is 82.2 Å². The predicted octanol–water partition coefficient (Wildman–Crippen LogP) is 7.83. The van der Waals surface area contributed by atoms with Crippen molar-refractivity contribution in [1.29, 1.82) is 0 Å². The second-order valence-electron chi connectivity index (χ2n) is 7.52. The van der Waals surface area contributed by atoms with Crippen LogP contribution in [0.5, 0.6) is 11.5 Å². The van der Waals surface area contributed by atoms with Gasteiger partial charge in [0, 0.05) is 17.2 Å². The molecule has 0 aromatic heterocycles. The van der Waals surface area contributed by atoms with E-state index >= 15 is 4.39 Å². The molecule has 1 radical (unpaired) electrons. The smallest absolute Gasteiger partial charge is 0.399 e. The number of benzene rings is 3. The third kappa shape index (κ3) is 5.60. The molecule has 0 unspecified atom stereocenters. The second-order valence-corrected chi connectivity index (χ2v) is 7.52. The molecule has 0 fully saturated rings. The van der Waals surface area contributed by atoms with Crippen LogP contribution in [0.4, 0.5) is 35.1 Å². The Morgan fingerprint density at radius 2 is 1.38 bits per heavy atom. The highest BCUT2D eigenvalue weighted by atomic mass is 19.4. The lowest BCUT2D eigenvalue weighted by molar-refractivity contribution is -0.276. The summed E-state index contributed by atoms with van der Waals surface area (Å²) in [4.78, 5) is 0. The van der Waals surface area contributed by atoms with E-state index in [1.54, 1.807) is 0 Å². The van der Waals surface area contributed by atoms with Crippen LogP contribution in [0.3, 0.4) is 0 Å². The number of hydrogen-bond donors (Lipinski definition) is 0. The first-order chi connectivity index (χ1) is 15.9. The highest BCUT2D eigenvalue weighted by Crippen LogP contribution is 2.38. The van der Waals surface area contributed by atoms with Gasteiger partial charge in [-0.3, -0.25) is 5.11 Å². The summed E-state index contributed by atoms with van der Waals surface area (Å²) in [7, 11) is 0. The fourth-order valence-corrected chi connectivity index (χ4v) is 3.56. The summed E-state index contributed by atoms with van der Waals surface area (Å²) in [6, 6.07) is 5.43. The van der Waals surface area contributed by atoms with E-state index in [1.165, 1.54) is 12.1 Å². The number of halogens is 8. The summed E-state index contributed by atoms with van der Waals surface area (Å²) in [5.41, 5.74) is -1.28. The summed E-state index contributed by atoms with van der Waals surface area (Å²) in [5.74, 6) is -9.50. The van der Waals surface area contributed by atoms with Gasteiger partial charge in [0.1, 0.15) is 17.5 Å². The summed E-state index contributed by atoms with van der Waals surface area (Å²) in [6.07, 6.45) is -4.96. The molecule has 0 saturated heterocycles. The molecule has 0 spiro atoms. The number of ether oxygens (including phenoxy) is 1. The third-order valence-corrected chi connectivity index (χ3v) is 5.06. The maximum absolute atomic E-state index is 15.1. The Morgan fingerprint density at radius 1 is 0.765 bits per heavy atom. The van der Waals surface area contributed by atoms with Gasteiger partial charge in [0.25, 0.3) is 0 Å². The maximum atomic E-state index is 15.1. The van der Waals surface area contributed by atoms with Gasteiger partial charge in [0.05, 0.1) is 5.56 Å². The SMILES string of the molecule is CCCc1ccc(-c2c([O])cc(F)c(CCc3cc(F)c(OC(F)(F)F)c(F)c3)c2F)c(F)c1. The van der Waals surface area contributed by atoms with Gasteiger partial charge in [0.2, 0.25) is 5.75 Å². The molecule has 2 nitrogen and oxygen atoms in total. The average Bonchev–Trinajstić information content (AvgIpc) is 2.71. The van der Waals surface area contributed by atoms with Gasteiger partial charge < -0.3 is 4.74 Å². The van der Waals surface area contributed by atoms with Gasteiger partial charge in [-0.1, -0.05) is 25.5 Å². The first-order valence-electron chi connectivity index (χ1n) is 10.1. The number of aryl methyl sites for hydroxylation is 2. The fraction of sp³-hybridized carbons (Fsp3) is 0.250. The Hall–Kier alpha value is -3.30. The minimum absolute atomic E-state index is 0.217. The molecule has 0 heterocycles. The highest BCUT2D eigenvalue weighted by molar-refractivity contribution is 5.72. The predicted molar refractivity (Wildman–Crippen MR) is 106 cm³/mol. The zero-order valence-corrected chi connectivity index (χ0v) is 17.6. The van der Waals surface area contributed by atoms with E-state index in [0.717, 1.165) is 12.5 Å². The van der Waals surface area contributed by atoms with Gasteiger partial charge in [0.15, 0.2) is 17.4 Å². The minimum Gasteiger partial charge on any atom is -0.399 e. The number of hydrogen-bond acceptors (Lipinski definition) is 1. The normalized spacial score (nSPS) is 11.7. The van der Waals surface area contributed by atoms with Crippen LogP contribution in [0.1, 0.15) is 30.0 Å². The van der Waals surface area contributed by atoms with E-state index in [2.05, 4.69) is 4.74 Å². The van der Waals surface area contributed by atoms with Crippen molar-refractivity contribution in [2.24, 2.45) is 0 Å². The van der Waals surface area contributed by atoms with Crippen molar-refractivity contribution in [1.82, 2.24) is 0 Å². The Morgan fingerprint density at radius 3 is 1.94 bits per heavy atom. The molecule has 3 aromatic rings. The first-order valence-corrected chi connectivity index (χ1v) is 10.1. The molecule has 0 N–H and O–H groups in total. The molecule has 0 bridgehead atoms. The minimum atomic E-state index is -5.32. The Balaban J connectivity index is 1.92. The van der Waals surface area contributed by atoms with E-state index in [9.17, 15) is 35.8 Å². The van der Waals surface area contributed by atoms with Crippen LogP contribution in [0.25, 0.3) is 11.1 Å². The molecule has 0 amide bonds. The lowest BCUT2D eigenvalue weighted by Gasteiger charge is -2.14. The molecule has 0 aliphatic heterocycles. The van der Waals surface area contributed by atoms with Crippen molar-refractivity contribution >= 4 is 0 Å². The second kappa shape index (κ2) is 9.90. The molecule has 3 aromatic carbocycles. The maximum Gasteiger partial charge on any atom is 0.573 e. The summed E-state index contributed by atoms with van der Waals surface area (Å²) >= 11 is 0. The van der Waals surface area contributed by atoms with Crippen LogP contribution in [-0.4, -0.2) is 6.36 Å². The third-order valence-electron chi connectivity index (χ3n) is 5.06. The summed E-state index contributed by atoms with van der Waals surface area (Å²) in [6.45, 7) is 1.88. The molecule has 10 heteroatoms. The van der Waals surface area contributed by atoms with Crippen LogP contribution in [0, 0.1) is 29.1 Å². The van der Waals surface area contributed by atoms with Crippen molar-refractivity contribution in [2.45, 2.75) is 39.0 Å². The highest BCUT2D eigenvalue weighted by Gasteiger charge is 2.34. The van der Waals surface area contributed by atoms with Crippen LogP contribution >= 0.6 is 0 Å². The molecule has 0 saturated carbocycles. The molecular formula is C24H17F8O2. The average molecular weight is 489 g/mol. The topological polar surface area (TPSA) is 29.1 Å². The molecule has 0 aliphatic carbocycles. The quantitative estimate of drug-likeness (QED) is 0.311. The van der Waals surface area contributed by atoms with E-state index in [4.69, 9.17) is 0 Å². The van der Waals surface area contributed by atoms with Gasteiger partial charge in [-0.15, -0.1) is 13.2 Å². The van der Waals surface area contributed by atoms with E-state index in [0.29, 0.717) is 30.2 Å². The number of alkyl halides is 3. The lowest BCUT2D eigenvalue weighted by atomic mass is 9.95. The lowest BCUT2D eigenvalue weighted by Crippen LogP contribution is -2.19. The van der Waals surface area contributed by atoms with Gasteiger partial charge >= 0.3 is 6.36 Å². The van der Waals surface area contributed by atoms with Gasteiger partial charge in [-0.2, -0.15) is 0 Å². The van der Waals surface area contributed by atoms with E-state index in [-0.39, 0.29) is 11.1 Å². The largest absolute Gasteiger partial charge is 0.573 e. The van der Waals surface area contributed by atoms with Crippen LogP contribution in [0.15, 0.2) is 36.4 Å². The summed E-state index contributed by atoms with van der Waals surface area (Å²) in [5, 5.41) is 12.2. The van der Waals surface area contributed by atoms with Crippen molar-refractivity contribution in [3.8, 4) is 22.6 Å². The van der Waals surface area contributed by atoms with Crippen molar-refractivity contribution in [3.63, 3.8) is 0 Å². The van der Waals surface area contributed by atoms with E-state index < -0.39 is 70.9 Å². The van der Waals surface area contributed by atoms with E-state index in [1.807, 2.05) is 6.92 Å². The molecule has 34 heavy (non-hydrogen) atoms. The monoisotopic (exact) mass is 489 g/mol. The zero-order valence-electron chi connectivity index (χ0n) is 17.6. The molecule has 0 aliphatic rings. The van der Waals surface area contributed by atoms with Crippen molar-refractivity contribution < 1.29 is 45.0 Å². The fourth-order valence-electron chi connectivity index (χ4n) is 3.56. The first kappa shape index (κ1) is 25.3. The Labute approximate surface area is 189 Å². The van der Waals surface area contributed by atoms with Crippen LogP contribution in [0.2, 0.25) is 0 Å². The van der Waals surface area contributed by atoms with Crippen LogP contribution < -0.4 is 4.74 Å². The van der Waals surface area contributed by atoms with Crippen molar-refractivity contribution in [2.75, 3.05) is 0 Å². The molecule has 181 valence electrons. The standard InChI is InChI=1S/C24H17F8O2/c1-2-3-12-4-6-14(16(25)8-12)21-20(33)11-17(26)15(22(21)29)7-5-13-9-18(27)23(19(28)10-13)34-24(30,31)32/h4,6,8-11H,2-3,5,7H2,1H3. The summed E-state index contributed by atoms with van der Waals surface area (Å²) < 4.78 is 112.